The van der Waals surface area contributed by atoms with Crippen LogP contribution in [0.4, 0.5) is 11.4 Å². The Labute approximate surface area is 127 Å². The molecule has 0 saturated heterocycles. The second kappa shape index (κ2) is 7.19. The molecule has 0 bridgehead atoms. The smallest absolute Gasteiger partial charge is 0.271 e. The van der Waals surface area contributed by atoms with E-state index >= 15 is 0 Å². The Hall–Kier alpha value is -2.92. The predicted molar refractivity (Wildman–Crippen MR) is 79.7 cm³/mol. The number of anilines is 1. The summed E-state index contributed by atoms with van der Waals surface area (Å²) in [7, 11) is 0. The summed E-state index contributed by atoms with van der Waals surface area (Å²) in [6, 6.07) is 7.12. The van der Waals surface area contributed by atoms with Crippen molar-refractivity contribution >= 4 is 17.3 Å². The number of rotatable bonds is 6. The minimum absolute atomic E-state index is 0.167. The fourth-order valence-electron chi connectivity index (χ4n) is 1.36. The molecule has 0 radical (unpaired) electrons. The van der Waals surface area contributed by atoms with Crippen LogP contribution < -0.4 is 10.6 Å². The van der Waals surface area contributed by atoms with Gasteiger partial charge in [0.1, 0.15) is 11.6 Å². The lowest BCUT2D eigenvalue weighted by molar-refractivity contribution is -0.384. The van der Waals surface area contributed by atoms with Crippen LogP contribution >= 0.6 is 0 Å². The van der Waals surface area contributed by atoms with Crippen LogP contribution in [0.5, 0.6) is 0 Å². The largest absolute Gasteiger partial charge is 0.394 e. The molecule has 0 aliphatic rings. The number of nitro benzene ring substituents is 1. The van der Waals surface area contributed by atoms with E-state index in [1.165, 1.54) is 30.5 Å². The van der Waals surface area contributed by atoms with E-state index in [-0.39, 0.29) is 23.6 Å². The van der Waals surface area contributed by atoms with E-state index in [1.807, 2.05) is 0 Å². The van der Waals surface area contributed by atoms with Gasteiger partial charge in [-0.15, -0.1) is 0 Å². The lowest BCUT2D eigenvalue weighted by atomic mass is 10.1. The van der Waals surface area contributed by atoms with Crippen molar-refractivity contribution in [2.45, 2.75) is 19.4 Å². The standard InChI is InChI=1S/C14H16N4O4/c1-14(2,9-19)16-8-10(7-15)13(20)17-11-4-3-5-12(6-11)18(21)22/h3-6,8,16,19H,9H2,1-2H3,(H,17,20)/b10-8-. The zero-order valence-electron chi connectivity index (χ0n) is 12.2. The zero-order valence-corrected chi connectivity index (χ0v) is 12.2. The number of nitriles is 1. The molecular weight excluding hydrogens is 288 g/mol. The quantitative estimate of drug-likeness (QED) is 0.314. The van der Waals surface area contributed by atoms with E-state index in [4.69, 9.17) is 10.4 Å². The molecule has 1 aromatic rings. The predicted octanol–water partition coefficient (Wildman–Crippen LogP) is 1.30. The SMILES string of the molecule is CC(C)(CO)N/C=C(/C#N)C(=O)Nc1cccc([N+](=O)[O-])c1. The van der Waals surface area contributed by atoms with Crippen LogP contribution in [0, 0.1) is 21.4 Å². The zero-order chi connectivity index (χ0) is 16.8. The van der Waals surface area contributed by atoms with Crippen LogP contribution in [0.15, 0.2) is 36.0 Å². The van der Waals surface area contributed by atoms with E-state index in [2.05, 4.69) is 10.6 Å². The first kappa shape index (κ1) is 17.1. The highest BCUT2D eigenvalue weighted by Gasteiger charge is 2.16. The van der Waals surface area contributed by atoms with Crippen LogP contribution in [0.3, 0.4) is 0 Å². The number of benzene rings is 1. The molecule has 0 aromatic heterocycles. The van der Waals surface area contributed by atoms with E-state index in [1.54, 1.807) is 19.9 Å². The highest BCUT2D eigenvalue weighted by Crippen LogP contribution is 2.17. The number of aliphatic hydroxyl groups excluding tert-OH is 1. The van der Waals surface area contributed by atoms with Crippen molar-refractivity contribution in [2.24, 2.45) is 0 Å². The van der Waals surface area contributed by atoms with Crippen molar-refractivity contribution in [3.63, 3.8) is 0 Å². The van der Waals surface area contributed by atoms with E-state index < -0.39 is 16.4 Å². The van der Waals surface area contributed by atoms with Crippen molar-refractivity contribution in [1.82, 2.24) is 5.32 Å². The summed E-state index contributed by atoms with van der Waals surface area (Å²) in [6.07, 6.45) is 1.20. The molecule has 0 atom stereocenters. The molecule has 0 spiro atoms. The fraction of sp³-hybridized carbons (Fsp3) is 0.286. The van der Waals surface area contributed by atoms with Gasteiger partial charge in [-0.1, -0.05) is 6.07 Å². The van der Waals surface area contributed by atoms with Gasteiger partial charge in [0.25, 0.3) is 11.6 Å². The number of nitrogens with one attached hydrogen (secondary N) is 2. The summed E-state index contributed by atoms with van der Waals surface area (Å²) in [5, 5.41) is 33.9. The Kier molecular flexibility index (Phi) is 5.60. The maximum Gasteiger partial charge on any atom is 0.271 e. The number of hydrogen-bond acceptors (Lipinski definition) is 6. The van der Waals surface area contributed by atoms with E-state index in [0.29, 0.717) is 0 Å². The molecule has 1 rings (SSSR count). The molecule has 0 unspecified atom stereocenters. The van der Waals surface area contributed by atoms with Gasteiger partial charge < -0.3 is 15.7 Å². The summed E-state index contributed by atoms with van der Waals surface area (Å²) in [6.45, 7) is 3.20. The van der Waals surface area contributed by atoms with Crippen molar-refractivity contribution in [3.05, 3.63) is 46.2 Å². The average Bonchev–Trinajstić information content (AvgIpc) is 2.48. The number of carbonyl (C=O) groups excluding carboxylic acids is 1. The number of nitro groups is 1. The summed E-state index contributed by atoms with van der Waals surface area (Å²) >= 11 is 0. The lowest BCUT2D eigenvalue weighted by Gasteiger charge is -2.22. The molecule has 116 valence electrons. The van der Waals surface area contributed by atoms with Crippen LogP contribution in [-0.4, -0.2) is 28.1 Å². The molecule has 0 aliphatic carbocycles. The van der Waals surface area contributed by atoms with Gasteiger partial charge in [0, 0.05) is 24.0 Å². The average molecular weight is 304 g/mol. The molecule has 3 N–H and O–H groups in total. The topological polar surface area (TPSA) is 128 Å². The molecule has 1 aromatic carbocycles. The van der Waals surface area contributed by atoms with Crippen LogP contribution in [0.25, 0.3) is 0 Å². The number of nitrogens with zero attached hydrogens (tertiary/aromatic N) is 2. The van der Waals surface area contributed by atoms with E-state index in [0.717, 1.165) is 0 Å². The van der Waals surface area contributed by atoms with Crippen LogP contribution in [0.2, 0.25) is 0 Å². The van der Waals surface area contributed by atoms with Crippen molar-refractivity contribution < 1.29 is 14.8 Å². The Morgan fingerprint density at radius 2 is 2.23 bits per heavy atom. The van der Waals surface area contributed by atoms with Gasteiger partial charge in [-0.05, 0) is 19.9 Å². The lowest BCUT2D eigenvalue weighted by Crippen LogP contribution is -2.39. The minimum atomic E-state index is -0.704. The summed E-state index contributed by atoms with van der Waals surface area (Å²) in [5.41, 5.74) is -0.858. The third-order valence-electron chi connectivity index (χ3n) is 2.68. The number of hydrogen-bond donors (Lipinski definition) is 3. The van der Waals surface area contributed by atoms with Gasteiger partial charge in [0.2, 0.25) is 0 Å². The Morgan fingerprint density at radius 3 is 2.77 bits per heavy atom. The van der Waals surface area contributed by atoms with Gasteiger partial charge in [0.05, 0.1) is 17.1 Å². The first-order valence-electron chi connectivity index (χ1n) is 6.33. The van der Waals surface area contributed by atoms with Gasteiger partial charge in [-0.25, -0.2) is 0 Å². The molecule has 8 heteroatoms. The molecule has 0 heterocycles. The van der Waals surface area contributed by atoms with Gasteiger partial charge in [-0.2, -0.15) is 5.26 Å². The first-order chi connectivity index (χ1) is 10.3. The number of amides is 1. The van der Waals surface area contributed by atoms with Crippen molar-refractivity contribution in [3.8, 4) is 6.07 Å². The number of carbonyl (C=O) groups is 1. The molecule has 1 amide bonds. The molecule has 0 fully saturated rings. The first-order valence-corrected chi connectivity index (χ1v) is 6.33. The summed E-state index contributed by atoms with van der Waals surface area (Å²) < 4.78 is 0. The molecule has 22 heavy (non-hydrogen) atoms. The third-order valence-corrected chi connectivity index (χ3v) is 2.68. The molecule has 8 nitrogen and oxygen atoms in total. The Bertz CT molecular complexity index is 646. The molecule has 0 aliphatic heterocycles. The Balaban J connectivity index is 2.86. The van der Waals surface area contributed by atoms with Gasteiger partial charge >= 0.3 is 0 Å². The second-order valence-corrected chi connectivity index (χ2v) is 5.12. The maximum absolute atomic E-state index is 12.0. The van der Waals surface area contributed by atoms with Crippen molar-refractivity contribution in [2.75, 3.05) is 11.9 Å². The van der Waals surface area contributed by atoms with Crippen LogP contribution in [-0.2, 0) is 4.79 Å². The molecular formula is C14H16N4O4. The van der Waals surface area contributed by atoms with Gasteiger partial charge in [-0.3, -0.25) is 14.9 Å². The normalized spacial score (nSPS) is 11.5. The highest BCUT2D eigenvalue weighted by molar-refractivity contribution is 6.06. The maximum atomic E-state index is 12.0. The summed E-state index contributed by atoms with van der Waals surface area (Å²) in [5.74, 6) is -0.704. The summed E-state index contributed by atoms with van der Waals surface area (Å²) in [4.78, 5) is 22.0. The molecule has 0 saturated carbocycles. The second-order valence-electron chi connectivity index (χ2n) is 5.12. The number of aliphatic hydroxyl groups is 1. The highest BCUT2D eigenvalue weighted by atomic mass is 16.6. The van der Waals surface area contributed by atoms with Crippen LogP contribution in [0.1, 0.15) is 13.8 Å². The minimum Gasteiger partial charge on any atom is -0.394 e. The number of non-ortho nitro benzene ring substituents is 1. The van der Waals surface area contributed by atoms with E-state index in [9.17, 15) is 14.9 Å². The monoisotopic (exact) mass is 304 g/mol. The Morgan fingerprint density at radius 1 is 1.55 bits per heavy atom. The third kappa shape index (κ3) is 4.88. The van der Waals surface area contributed by atoms with Gasteiger partial charge in [0.15, 0.2) is 0 Å². The van der Waals surface area contributed by atoms with Crippen molar-refractivity contribution in [1.29, 1.82) is 5.26 Å². The fourth-order valence-corrected chi connectivity index (χ4v) is 1.36.